The molecule has 0 atom stereocenters. The van der Waals surface area contributed by atoms with Crippen LogP contribution in [-0.2, 0) is 11.3 Å². The number of aromatic nitrogens is 2. The summed E-state index contributed by atoms with van der Waals surface area (Å²) in [6.45, 7) is -1.04. The minimum atomic E-state index is -2.58. The fourth-order valence-electron chi connectivity index (χ4n) is 2.18. The van der Waals surface area contributed by atoms with E-state index in [1.165, 1.54) is 12.4 Å². The first-order valence-corrected chi connectivity index (χ1v) is 5.83. The molecule has 0 unspecified atom stereocenters. The van der Waals surface area contributed by atoms with Crippen molar-refractivity contribution in [2.45, 2.75) is 25.9 Å². The zero-order valence-corrected chi connectivity index (χ0v) is 9.80. The Kier molecular flexibility index (Phi) is 3.90. The van der Waals surface area contributed by atoms with Crippen molar-refractivity contribution in [2.75, 3.05) is 13.1 Å². The van der Waals surface area contributed by atoms with E-state index in [0.717, 1.165) is 4.57 Å². The molecule has 1 saturated heterocycles. The van der Waals surface area contributed by atoms with E-state index in [-0.39, 0.29) is 5.92 Å². The zero-order valence-electron chi connectivity index (χ0n) is 9.80. The minimum Gasteiger partial charge on any atom is -0.481 e. The van der Waals surface area contributed by atoms with Crippen molar-refractivity contribution in [2.24, 2.45) is 5.92 Å². The molecule has 0 spiro atoms. The zero-order chi connectivity index (χ0) is 13.1. The van der Waals surface area contributed by atoms with E-state index in [1.54, 1.807) is 0 Å². The minimum absolute atomic E-state index is 0.309. The number of aliphatic carboxylic acids is 1. The van der Waals surface area contributed by atoms with Crippen molar-refractivity contribution in [3.63, 3.8) is 0 Å². The molecule has 2 rings (SSSR count). The Labute approximate surface area is 103 Å². The number of imidazole rings is 1. The summed E-state index contributed by atoms with van der Waals surface area (Å²) in [6, 6.07) is 0. The Balaban J connectivity index is 1.91. The Bertz CT molecular complexity index is 414. The number of carboxylic acid groups (broad SMARTS) is 1. The molecule has 100 valence electrons. The van der Waals surface area contributed by atoms with E-state index in [0.29, 0.717) is 38.3 Å². The smallest absolute Gasteiger partial charge is 0.319 e. The van der Waals surface area contributed by atoms with Crippen molar-refractivity contribution >= 4 is 5.97 Å². The van der Waals surface area contributed by atoms with E-state index in [9.17, 15) is 13.6 Å². The van der Waals surface area contributed by atoms with Crippen molar-refractivity contribution in [3.05, 3.63) is 18.2 Å². The van der Waals surface area contributed by atoms with Gasteiger partial charge in [-0.05, 0) is 25.9 Å². The monoisotopic (exact) mass is 259 g/mol. The quantitative estimate of drug-likeness (QED) is 0.891. The second kappa shape index (κ2) is 5.43. The van der Waals surface area contributed by atoms with Crippen LogP contribution in [0.4, 0.5) is 8.78 Å². The highest BCUT2D eigenvalue weighted by Gasteiger charge is 2.25. The van der Waals surface area contributed by atoms with E-state index in [1.807, 2.05) is 4.90 Å². The molecule has 1 aliphatic heterocycles. The van der Waals surface area contributed by atoms with Gasteiger partial charge in [-0.2, -0.15) is 8.78 Å². The lowest BCUT2D eigenvalue weighted by Gasteiger charge is -2.29. The Morgan fingerprint density at radius 2 is 2.17 bits per heavy atom. The van der Waals surface area contributed by atoms with Crippen LogP contribution < -0.4 is 0 Å². The Morgan fingerprint density at radius 1 is 1.50 bits per heavy atom. The molecule has 0 aliphatic carbocycles. The van der Waals surface area contributed by atoms with Crippen molar-refractivity contribution < 1.29 is 18.7 Å². The SMILES string of the molecule is O=C(O)C1CCN(Cc2nccn2C(F)F)CC1. The molecule has 5 nitrogen and oxygen atoms in total. The van der Waals surface area contributed by atoms with Crippen LogP contribution in [0.2, 0.25) is 0 Å². The molecule has 2 heterocycles. The molecule has 0 bridgehead atoms. The second-order valence-corrected chi connectivity index (χ2v) is 4.42. The molecule has 1 N–H and O–H groups in total. The van der Waals surface area contributed by atoms with E-state index < -0.39 is 12.5 Å². The second-order valence-electron chi connectivity index (χ2n) is 4.42. The number of nitrogens with zero attached hydrogens (tertiary/aromatic N) is 3. The molecular formula is C11H15F2N3O2. The van der Waals surface area contributed by atoms with Crippen LogP contribution >= 0.6 is 0 Å². The van der Waals surface area contributed by atoms with Crippen molar-refractivity contribution in [1.29, 1.82) is 0 Å². The van der Waals surface area contributed by atoms with Gasteiger partial charge in [0.15, 0.2) is 0 Å². The summed E-state index contributed by atoms with van der Waals surface area (Å²) in [5, 5.41) is 8.86. The third-order valence-electron chi connectivity index (χ3n) is 3.26. The fraction of sp³-hybridized carbons (Fsp3) is 0.636. The molecule has 1 aliphatic rings. The summed E-state index contributed by atoms with van der Waals surface area (Å²) < 4.78 is 26.1. The molecule has 0 aromatic carbocycles. The number of carboxylic acids is 1. The number of likely N-dealkylation sites (tertiary alicyclic amines) is 1. The predicted molar refractivity (Wildman–Crippen MR) is 59.1 cm³/mol. The molecule has 0 saturated carbocycles. The summed E-state index contributed by atoms with van der Waals surface area (Å²) in [6.07, 6.45) is 3.73. The van der Waals surface area contributed by atoms with Crippen LogP contribution in [0, 0.1) is 5.92 Å². The topological polar surface area (TPSA) is 58.4 Å². The first-order valence-electron chi connectivity index (χ1n) is 5.83. The average Bonchev–Trinajstić information content (AvgIpc) is 2.78. The van der Waals surface area contributed by atoms with Gasteiger partial charge >= 0.3 is 12.5 Å². The van der Waals surface area contributed by atoms with Gasteiger partial charge in [0.2, 0.25) is 0 Å². The summed E-state index contributed by atoms with van der Waals surface area (Å²) in [5.41, 5.74) is 0. The van der Waals surface area contributed by atoms with Crippen molar-refractivity contribution in [1.82, 2.24) is 14.5 Å². The summed E-state index contributed by atoms with van der Waals surface area (Å²) in [7, 11) is 0. The molecule has 0 radical (unpaired) electrons. The molecular weight excluding hydrogens is 244 g/mol. The molecule has 1 aromatic heterocycles. The maximum absolute atomic E-state index is 12.6. The Morgan fingerprint density at radius 3 is 2.72 bits per heavy atom. The largest absolute Gasteiger partial charge is 0.481 e. The van der Waals surface area contributed by atoms with Crippen LogP contribution in [0.1, 0.15) is 25.2 Å². The summed E-state index contributed by atoms with van der Waals surface area (Å²) in [4.78, 5) is 16.7. The van der Waals surface area contributed by atoms with Crippen molar-refractivity contribution in [3.8, 4) is 0 Å². The number of piperidine rings is 1. The normalized spacial score (nSPS) is 18.4. The van der Waals surface area contributed by atoms with Gasteiger partial charge in [0, 0.05) is 12.4 Å². The standard InChI is InChI=1S/C11H15F2N3O2/c12-11(13)16-6-3-14-9(16)7-15-4-1-8(2-5-15)10(17)18/h3,6,8,11H,1-2,4-5,7H2,(H,17,18). The first kappa shape index (κ1) is 12.9. The number of hydrogen-bond donors (Lipinski definition) is 1. The van der Waals surface area contributed by atoms with Crippen LogP contribution in [0.3, 0.4) is 0 Å². The van der Waals surface area contributed by atoms with Crippen LogP contribution in [0.15, 0.2) is 12.4 Å². The van der Waals surface area contributed by atoms with Crippen LogP contribution in [0.5, 0.6) is 0 Å². The predicted octanol–water partition coefficient (Wildman–Crippen LogP) is 1.57. The maximum Gasteiger partial charge on any atom is 0.319 e. The molecule has 7 heteroatoms. The van der Waals surface area contributed by atoms with Gasteiger partial charge in [0.1, 0.15) is 5.82 Å². The van der Waals surface area contributed by atoms with Gasteiger partial charge in [-0.1, -0.05) is 0 Å². The number of alkyl halides is 2. The molecule has 18 heavy (non-hydrogen) atoms. The van der Waals surface area contributed by atoms with Crippen LogP contribution in [-0.4, -0.2) is 38.6 Å². The summed E-state index contributed by atoms with van der Waals surface area (Å²) in [5.74, 6) is -0.765. The van der Waals surface area contributed by atoms with E-state index in [2.05, 4.69) is 4.98 Å². The lowest BCUT2D eigenvalue weighted by Crippen LogP contribution is -2.36. The molecule has 1 aromatic rings. The summed E-state index contributed by atoms with van der Waals surface area (Å²) >= 11 is 0. The highest BCUT2D eigenvalue weighted by atomic mass is 19.3. The van der Waals surface area contributed by atoms with Gasteiger partial charge in [-0.3, -0.25) is 14.3 Å². The van der Waals surface area contributed by atoms with Gasteiger partial charge in [-0.15, -0.1) is 0 Å². The van der Waals surface area contributed by atoms with Gasteiger partial charge in [-0.25, -0.2) is 4.98 Å². The van der Waals surface area contributed by atoms with Gasteiger partial charge in [0.05, 0.1) is 12.5 Å². The lowest BCUT2D eigenvalue weighted by atomic mass is 9.97. The maximum atomic E-state index is 12.6. The third kappa shape index (κ3) is 2.84. The number of halogens is 2. The lowest BCUT2D eigenvalue weighted by molar-refractivity contribution is -0.143. The molecule has 1 fully saturated rings. The van der Waals surface area contributed by atoms with E-state index in [4.69, 9.17) is 5.11 Å². The Hall–Kier alpha value is -1.50. The average molecular weight is 259 g/mol. The fourth-order valence-corrected chi connectivity index (χ4v) is 2.18. The van der Waals surface area contributed by atoms with Crippen LogP contribution in [0.25, 0.3) is 0 Å². The number of rotatable bonds is 4. The van der Waals surface area contributed by atoms with E-state index >= 15 is 0 Å². The highest BCUT2D eigenvalue weighted by Crippen LogP contribution is 2.20. The van der Waals surface area contributed by atoms with Gasteiger partial charge in [0.25, 0.3) is 0 Å². The van der Waals surface area contributed by atoms with Gasteiger partial charge < -0.3 is 5.11 Å². The highest BCUT2D eigenvalue weighted by molar-refractivity contribution is 5.70. The number of carbonyl (C=O) groups is 1. The molecule has 0 amide bonds. The number of hydrogen-bond acceptors (Lipinski definition) is 3. The third-order valence-corrected chi connectivity index (χ3v) is 3.26. The first-order chi connectivity index (χ1) is 8.58.